The highest BCUT2D eigenvalue weighted by molar-refractivity contribution is 5.20. The summed E-state index contributed by atoms with van der Waals surface area (Å²) in [5, 5.41) is 3.72. The molecule has 1 heterocycles. The Hall–Kier alpha value is -0.900. The summed E-state index contributed by atoms with van der Waals surface area (Å²) in [5.41, 5.74) is 1.40. The molecule has 1 N–H and O–H groups in total. The SMILES string of the molecule is CCCOCCN1CC(c2ccccc2)NCC1CCC. The molecule has 0 bridgehead atoms. The molecule has 1 aliphatic heterocycles. The molecule has 0 saturated carbocycles. The van der Waals surface area contributed by atoms with E-state index in [-0.39, 0.29) is 0 Å². The van der Waals surface area contributed by atoms with E-state index in [0.29, 0.717) is 12.1 Å². The highest BCUT2D eigenvalue weighted by atomic mass is 16.5. The number of piperazine rings is 1. The second-order valence-corrected chi connectivity index (χ2v) is 5.92. The molecule has 1 aromatic carbocycles. The lowest BCUT2D eigenvalue weighted by Gasteiger charge is -2.40. The monoisotopic (exact) mass is 290 g/mol. The van der Waals surface area contributed by atoms with Crippen molar-refractivity contribution in [3.05, 3.63) is 35.9 Å². The van der Waals surface area contributed by atoms with Crippen molar-refractivity contribution in [1.82, 2.24) is 10.2 Å². The van der Waals surface area contributed by atoms with Crippen LogP contribution in [0.1, 0.15) is 44.7 Å². The Kier molecular flexibility index (Phi) is 7.20. The lowest BCUT2D eigenvalue weighted by atomic mass is 10.00. The Balaban J connectivity index is 1.91. The maximum atomic E-state index is 5.69. The molecule has 21 heavy (non-hydrogen) atoms. The van der Waals surface area contributed by atoms with Gasteiger partial charge in [0.05, 0.1) is 6.61 Å². The fourth-order valence-corrected chi connectivity index (χ4v) is 3.08. The highest BCUT2D eigenvalue weighted by Crippen LogP contribution is 2.21. The Morgan fingerprint density at radius 1 is 1.14 bits per heavy atom. The molecule has 3 heteroatoms. The maximum Gasteiger partial charge on any atom is 0.0593 e. The smallest absolute Gasteiger partial charge is 0.0593 e. The van der Waals surface area contributed by atoms with Crippen molar-refractivity contribution in [2.24, 2.45) is 0 Å². The standard InChI is InChI=1S/C18H30N2O/c1-3-8-17-14-19-18(16-9-6-5-7-10-16)15-20(17)11-13-21-12-4-2/h5-7,9-10,17-19H,3-4,8,11-15H2,1-2H3. The minimum absolute atomic E-state index is 0.450. The van der Waals surface area contributed by atoms with Crippen molar-refractivity contribution < 1.29 is 4.74 Å². The van der Waals surface area contributed by atoms with Gasteiger partial charge in [-0.2, -0.15) is 0 Å². The largest absolute Gasteiger partial charge is 0.380 e. The molecule has 0 aromatic heterocycles. The minimum atomic E-state index is 0.450. The van der Waals surface area contributed by atoms with Gasteiger partial charge in [0.2, 0.25) is 0 Å². The van der Waals surface area contributed by atoms with Crippen LogP contribution in [0, 0.1) is 0 Å². The van der Waals surface area contributed by atoms with E-state index >= 15 is 0 Å². The Morgan fingerprint density at radius 3 is 2.67 bits per heavy atom. The third kappa shape index (κ3) is 5.10. The summed E-state index contributed by atoms with van der Waals surface area (Å²) < 4.78 is 5.69. The summed E-state index contributed by atoms with van der Waals surface area (Å²) >= 11 is 0. The summed E-state index contributed by atoms with van der Waals surface area (Å²) in [6, 6.07) is 11.9. The predicted octanol–water partition coefficient (Wildman–Crippen LogP) is 3.23. The van der Waals surface area contributed by atoms with Gasteiger partial charge < -0.3 is 10.1 Å². The van der Waals surface area contributed by atoms with Gasteiger partial charge in [-0.1, -0.05) is 50.6 Å². The van der Waals surface area contributed by atoms with Gasteiger partial charge in [0.15, 0.2) is 0 Å². The van der Waals surface area contributed by atoms with E-state index in [1.807, 2.05) is 0 Å². The maximum absolute atomic E-state index is 5.69. The number of benzene rings is 1. The first-order valence-electron chi connectivity index (χ1n) is 8.45. The zero-order chi connectivity index (χ0) is 14.9. The van der Waals surface area contributed by atoms with E-state index in [1.54, 1.807) is 0 Å². The zero-order valence-electron chi connectivity index (χ0n) is 13.6. The van der Waals surface area contributed by atoms with Gasteiger partial charge >= 0.3 is 0 Å². The molecule has 1 aromatic rings. The predicted molar refractivity (Wildman–Crippen MR) is 88.6 cm³/mol. The molecule has 0 spiro atoms. The van der Waals surface area contributed by atoms with Gasteiger partial charge in [0.25, 0.3) is 0 Å². The number of hydrogen-bond donors (Lipinski definition) is 1. The Morgan fingerprint density at radius 2 is 1.95 bits per heavy atom. The molecule has 0 amide bonds. The fourth-order valence-electron chi connectivity index (χ4n) is 3.08. The van der Waals surface area contributed by atoms with E-state index in [9.17, 15) is 0 Å². The minimum Gasteiger partial charge on any atom is -0.380 e. The number of rotatable bonds is 8. The molecular weight excluding hydrogens is 260 g/mol. The van der Waals surface area contributed by atoms with Gasteiger partial charge in [-0.3, -0.25) is 4.90 Å². The van der Waals surface area contributed by atoms with Crippen molar-refractivity contribution in [3.8, 4) is 0 Å². The molecule has 1 saturated heterocycles. The van der Waals surface area contributed by atoms with E-state index < -0.39 is 0 Å². The lowest BCUT2D eigenvalue weighted by molar-refractivity contribution is 0.0624. The van der Waals surface area contributed by atoms with Crippen molar-refractivity contribution >= 4 is 0 Å². The van der Waals surface area contributed by atoms with Crippen molar-refractivity contribution in [3.63, 3.8) is 0 Å². The van der Waals surface area contributed by atoms with Crippen LogP contribution in [0.25, 0.3) is 0 Å². The fraction of sp³-hybridized carbons (Fsp3) is 0.667. The number of nitrogens with one attached hydrogen (secondary N) is 1. The molecule has 0 aliphatic carbocycles. The number of hydrogen-bond acceptors (Lipinski definition) is 3. The molecule has 2 unspecified atom stereocenters. The van der Waals surface area contributed by atoms with Crippen molar-refractivity contribution in [2.45, 2.75) is 45.2 Å². The summed E-state index contributed by atoms with van der Waals surface area (Å²) in [5.74, 6) is 0. The van der Waals surface area contributed by atoms with Crippen LogP contribution in [0.5, 0.6) is 0 Å². The van der Waals surface area contributed by atoms with Crippen molar-refractivity contribution in [2.75, 3.05) is 32.8 Å². The topological polar surface area (TPSA) is 24.5 Å². The van der Waals surface area contributed by atoms with Crippen LogP contribution in [-0.4, -0.2) is 43.8 Å². The van der Waals surface area contributed by atoms with Gasteiger partial charge in [0.1, 0.15) is 0 Å². The third-order valence-corrected chi connectivity index (χ3v) is 4.23. The van der Waals surface area contributed by atoms with Crippen LogP contribution >= 0.6 is 0 Å². The Labute approximate surface area is 129 Å². The summed E-state index contributed by atoms with van der Waals surface area (Å²) in [7, 11) is 0. The second-order valence-electron chi connectivity index (χ2n) is 5.92. The zero-order valence-corrected chi connectivity index (χ0v) is 13.6. The average Bonchev–Trinajstić information content (AvgIpc) is 2.54. The molecule has 1 aliphatic rings. The summed E-state index contributed by atoms with van der Waals surface area (Å²) in [4.78, 5) is 2.62. The second kappa shape index (κ2) is 9.19. The average molecular weight is 290 g/mol. The molecule has 1 fully saturated rings. The Bertz CT molecular complexity index is 382. The number of ether oxygens (including phenoxy) is 1. The molecule has 118 valence electrons. The highest BCUT2D eigenvalue weighted by Gasteiger charge is 2.27. The van der Waals surface area contributed by atoms with E-state index in [1.165, 1.54) is 18.4 Å². The first-order valence-corrected chi connectivity index (χ1v) is 8.45. The molecule has 0 radical (unpaired) electrons. The van der Waals surface area contributed by atoms with E-state index in [0.717, 1.165) is 39.3 Å². The normalized spacial score (nSPS) is 23.3. The van der Waals surface area contributed by atoms with Crippen LogP contribution in [0.2, 0.25) is 0 Å². The summed E-state index contributed by atoms with van der Waals surface area (Å²) in [6.07, 6.45) is 3.61. The summed E-state index contributed by atoms with van der Waals surface area (Å²) in [6.45, 7) is 9.40. The molecule has 2 atom stereocenters. The molecule has 3 nitrogen and oxygen atoms in total. The van der Waals surface area contributed by atoms with E-state index in [4.69, 9.17) is 4.74 Å². The third-order valence-electron chi connectivity index (χ3n) is 4.23. The van der Waals surface area contributed by atoms with Crippen LogP contribution < -0.4 is 5.32 Å². The lowest BCUT2D eigenvalue weighted by Crippen LogP contribution is -2.53. The first kappa shape index (κ1) is 16.5. The van der Waals surface area contributed by atoms with Gasteiger partial charge in [0, 0.05) is 38.3 Å². The van der Waals surface area contributed by atoms with Gasteiger partial charge in [-0.25, -0.2) is 0 Å². The molecular formula is C18H30N2O. The first-order chi connectivity index (χ1) is 10.3. The van der Waals surface area contributed by atoms with Crippen LogP contribution in [-0.2, 0) is 4.74 Å². The van der Waals surface area contributed by atoms with E-state index in [2.05, 4.69) is 54.4 Å². The van der Waals surface area contributed by atoms with Crippen molar-refractivity contribution in [1.29, 1.82) is 0 Å². The quantitative estimate of drug-likeness (QED) is 0.744. The van der Waals surface area contributed by atoms with Crippen LogP contribution in [0.15, 0.2) is 30.3 Å². The molecule has 2 rings (SSSR count). The van der Waals surface area contributed by atoms with Gasteiger partial charge in [-0.15, -0.1) is 0 Å². The number of nitrogens with zero attached hydrogens (tertiary/aromatic N) is 1. The van der Waals surface area contributed by atoms with Crippen LogP contribution in [0.3, 0.4) is 0 Å². The van der Waals surface area contributed by atoms with Gasteiger partial charge in [-0.05, 0) is 18.4 Å². The van der Waals surface area contributed by atoms with Crippen LogP contribution in [0.4, 0.5) is 0 Å².